The molecule has 0 saturated heterocycles. The molecular weight excluding hydrogens is 276 g/mol. The molecule has 2 aromatic rings. The lowest BCUT2D eigenvalue weighted by atomic mass is 10.0. The van der Waals surface area contributed by atoms with Gasteiger partial charge in [0.2, 0.25) is 0 Å². The second-order valence-electron chi connectivity index (χ2n) is 4.47. The zero-order valence-corrected chi connectivity index (χ0v) is 10.8. The molecule has 2 aromatic carbocycles. The van der Waals surface area contributed by atoms with Gasteiger partial charge < -0.3 is 20.4 Å². The highest BCUT2D eigenvalue weighted by Gasteiger charge is 2.12. The Hall–Kier alpha value is -3.02. The third-order valence-electron chi connectivity index (χ3n) is 3.05. The van der Waals surface area contributed by atoms with Crippen LogP contribution in [0.2, 0.25) is 0 Å². The van der Waals surface area contributed by atoms with Crippen molar-refractivity contribution in [2.24, 2.45) is 0 Å². The standard InChI is InChI=1S/C15H12O6/c16-12-6-10(14(18)19)3-1-8(12)5-9-2-4-11(15(20)21)7-13(9)17/h1-4,6-7,16-17H,5H2,(H,18,19)(H,20,21). The van der Waals surface area contributed by atoms with Crippen LogP contribution in [0.25, 0.3) is 0 Å². The molecular formula is C15H12O6. The van der Waals surface area contributed by atoms with Crippen molar-refractivity contribution in [3.8, 4) is 11.5 Å². The number of carbonyl (C=O) groups is 2. The molecule has 0 bridgehead atoms. The Bertz CT molecular complexity index is 659. The Kier molecular flexibility index (Phi) is 3.80. The minimum atomic E-state index is -1.15. The highest BCUT2D eigenvalue weighted by molar-refractivity contribution is 5.88. The highest BCUT2D eigenvalue weighted by Crippen LogP contribution is 2.27. The summed E-state index contributed by atoms with van der Waals surface area (Å²) in [4.78, 5) is 21.5. The van der Waals surface area contributed by atoms with E-state index in [-0.39, 0.29) is 29.0 Å². The molecule has 0 spiro atoms. The third kappa shape index (κ3) is 3.11. The molecule has 0 aromatic heterocycles. The van der Waals surface area contributed by atoms with Crippen molar-refractivity contribution < 1.29 is 30.0 Å². The summed E-state index contributed by atoms with van der Waals surface area (Å²) in [6.45, 7) is 0. The van der Waals surface area contributed by atoms with Gasteiger partial charge in [-0.05, 0) is 35.4 Å². The summed E-state index contributed by atoms with van der Waals surface area (Å²) in [5.41, 5.74) is 0.778. The molecule has 6 nitrogen and oxygen atoms in total. The number of phenols is 2. The molecule has 0 unspecified atom stereocenters. The topological polar surface area (TPSA) is 115 Å². The number of phenolic OH excluding ortho intramolecular Hbond substituents is 2. The van der Waals surface area contributed by atoms with Gasteiger partial charge in [0.1, 0.15) is 11.5 Å². The van der Waals surface area contributed by atoms with Crippen molar-refractivity contribution in [3.05, 3.63) is 58.7 Å². The Labute approximate surface area is 119 Å². The van der Waals surface area contributed by atoms with Gasteiger partial charge in [-0.15, -0.1) is 0 Å². The van der Waals surface area contributed by atoms with E-state index in [2.05, 4.69) is 0 Å². The lowest BCUT2D eigenvalue weighted by Crippen LogP contribution is -1.99. The van der Waals surface area contributed by atoms with Gasteiger partial charge in [-0.1, -0.05) is 12.1 Å². The molecule has 0 aliphatic carbocycles. The molecule has 0 amide bonds. The van der Waals surface area contributed by atoms with E-state index in [9.17, 15) is 19.8 Å². The van der Waals surface area contributed by atoms with E-state index in [0.29, 0.717) is 11.1 Å². The number of carboxylic acids is 2. The van der Waals surface area contributed by atoms with Crippen LogP contribution >= 0.6 is 0 Å². The second kappa shape index (κ2) is 5.54. The van der Waals surface area contributed by atoms with Crippen LogP contribution in [0.5, 0.6) is 11.5 Å². The first-order chi connectivity index (χ1) is 9.88. The molecule has 21 heavy (non-hydrogen) atoms. The van der Waals surface area contributed by atoms with E-state index in [0.717, 1.165) is 12.1 Å². The van der Waals surface area contributed by atoms with Gasteiger partial charge in [0.05, 0.1) is 11.1 Å². The molecule has 0 saturated carbocycles. The van der Waals surface area contributed by atoms with Gasteiger partial charge in [0, 0.05) is 6.42 Å². The number of rotatable bonds is 4. The van der Waals surface area contributed by atoms with Crippen LogP contribution in [0.4, 0.5) is 0 Å². The Morgan fingerprint density at radius 3 is 1.43 bits per heavy atom. The van der Waals surface area contributed by atoms with Crippen LogP contribution in [0, 0.1) is 0 Å². The normalized spacial score (nSPS) is 10.3. The first-order valence-corrected chi connectivity index (χ1v) is 5.99. The van der Waals surface area contributed by atoms with Gasteiger partial charge in [-0.2, -0.15) is 0 Å². The van der Waals surface area contributed by atoms with Crippen molar-refractivity contribution in [1.29, 1.82) is 0 Å². The fraction of sp³-hybridized carbons (Fsp3) is 0.0667. The predicted molar refractivity (Wildman–Crippen MR) is 72.9 cm³/mol. The molecule has 0 atom stereocenters. The number of hydrogen-bond acceptors (Lipinski definition) is 4. The fourth-order valence-corrected chi connectivity index (χ4v) is 1.90. The van der Waals surface area contributed by atoms with E-state index in [4.69, 9.17) is 10.2 Å². The molecule has 0 aliphatic heterocycles. The Balaban J connectivity index is 2.30. The molecule has 4 N–H and O–H groups in total. The van der Waals surface area contributed by atoms with E-state index in [1.54, 1.807) is 0 Å². The predicted octanol–water partition coefficient (Wildman–Crippen LogP) is 2.08. The molecule has 0 aliphatic rings. The largest absolute Gasteiger partial charge is 0.508 e. The van der Waals surface area contributed by atoms with Gasteiger partial charge in [0.15, 0.2) is 0 Å². The van der Waals surface area contributed by atoms with Crippen molar-refractivity contribution in [3.63, 3.8) is 0 Å². The van der Waals surface area contributed by atoms with Crippen molar-refractivity contribution in [1.82, 2.24) is 0 Å². The SMILES string of the molecule is O=C(O)c1ccc(Cc2ccc(C(=O)O)cc2O)c(O)c1. The van der Waals surface area contributed by atoms with Gasteiger partial charge >= 0.3 is 11.9 Å². The Morgan fingerprint density at radius 2 is 1.14 bits per heavy atom. The first kappa shape index (κ1) is 14.4. The minimum absolute atomic E-state index is 0.0401. The van der Waals surface area contributed by atoms with Crippen molar-refractivity contribution in [2.45, 2.75) is 6.42 Å². The summed E-state index contributed by atoms with van der Waals surface area (Å²) < 4.78 is 0. The van der Waals surface area contributed by atoms with E-state index in [1.807, 2.05) is 0 Å². The number of aromatic carboxylic acids is 2. The van der Waals surface area contributed by atoms with Gasteiger partial charge in [-0.3, -0.25) is 0 Å². The maximum Gasteiger partial charge on any atom is 0.335 e. The van der Waals surface area contributed by atoms with Crippen LogP contribution in [-0.4, -0.2) is 32.4 Å². The van der Waals surface area contributed by atoms with E-state index in [1.165, 1.54) is 24.3 Å². The number of carboxylic acid groups (broad SMARTS) is 2. The summed E-state index contributed by atoms with van der Waals surface area (Å²) in [6.07, 6.45) is 0.150. The van der Waals surface area contributed by atoms with Crippen LogP contribution < -0.4 is 0 Å². The minimum Gasteiger partial charge on any atom is -0.508 e. The molecule has 6 heteroatoms. The van der Waals surface area contributed by atoms with Gasteiger partial charge in [0.25, 0.3) is 0 Å². The fourth-order valence-electron chi connectivity index (χ4n) is 1.90. The van der Waals surface area contributed by atoms with E-state index >= 15 is 0 Å². The van der Waals surface area contributed by atoms with Crippen LogP contribution in [0.1, 0.15) is 31.8 Å². The van der Waals surface area contributed by atoms with Crippen LogP contribution in [0.15, 0.2) is 36.4 Å². The number of aromatic hydroxyl groups is 2. The zero-order chi connectivity index (χ0) is 15.6. The molecule has 0 radical (unpaired) electrons. The highest BCUT2D eigenvalue weighted by atomic mass is 16.4. The smallest absolute Gasteiger partial charge is 0.335 e. The zero-order valence-electron chi connectivity index (χ0n) is 10.8. The lowest BCUT2D eigenvalue weighted by Gasteiger charge is -2.08. The average Bonchev–Trinajstić information content (AvgIpc) is 2.42. The maximum atomic E-state index is 10.8. The third-order valence-corrected chi connectivity index (χ3v) is 3.05. The van der Waals surface area contributed by atoms with Crippen molar-refractivity contribution >= 4 is 11.9 Å². The monoisotopic (exact) mass is 288 g/mol. The number of benzene rings is 2. The Morgan fingerprint density at radius 1 is 0.762 bits per heavy atom. The van der Waals surface area contributed by atoms with Crippen LogP contribution in [0.3, 0.4) is 0 Å². The maximum absolute atomic E-state index is 10.8. The van der Waals surface area contributed by atoms with Gasteiger partial charge in [-0.25, -0.2) is 9.59 Å². The molecule has 2 rings (SSSR count). The van der Waals surface area contributed by atoms with Crippen molar-refractivity contribution in [2.75, 3.05) is 0 Å². The summed E-state index contributed by atoms with van der Waals surface area (Å²) >= 11 is 0. The summed E-state index contributed by atoms with van der Waals surface area (Å²) in [7, 11) is 0. The lowest BCUT2D eigenvalue weighted by molar-refractivity contribution is 0.0686. The summed E-state index contributed by atoms with van der Waals surface area (Å²) in [5, 5.41) is 37.2. The molecule has 0 heterocycles. The number of hydrogen-bond donors (Lipinski definition) is 4. The average molecular weight is 288 g/mol. The first-order valence-electron chi connectivity index (χ1n) is 5.99. The van der Waals surface area contributed by atoms with E-state index < -0.39 is 11.9 Å². The molecule has 108 valence electrons. The summed E-state index contributed by atoms with van der Waals surface area (Å²) in [6, 6.07) is 7.84. The summed E-state index contributed by atoms with van der Waals surface area (Å²) in [5.74, 6) is -2.69. The quantitative estimate of drug-likeness (QED) is 0.684. The second-order valence-corrected chi connectivity index (χ2v) is 4.47. The van der Waals surface area contributed by atoms with Crippen LogP contribution in [-0.2, 0) is 6.42 Å². The molecule has 0 fully saturated rings.